The van der Waals surface area contributed by atoms with E-state index in [1.807, 2.05) is 25.8 Å². The van der Waals surface area contributed by atoms with Crippen molar-refractivity contribution in [2.45, 2.75) is 47.5 Å². The maximum Gasteiger partial charge on any atom is 0.224 e. The molecule has 152 valence electrons. The Bertz CT molecular complexity index is 283. The Morgan fingerprint density at radius 1 is 0.960 bits per heavy atom. The van der Waals surface area contributed by atoms with E-state index >= 15 is 0 Å². The Labute approximate surface area is 155 Å². The predicted octanol–water partition coefficient (Wildman–Crippen LogP) is 2.57. The van der Waals surface area contributed by atoms with Crippen molar-refractivity contribution >= 4 is 5.91 Å². The lowest BCUT2D eigenvalue weighted by molar-refractivity contribution is -0.133. The van der Waals surface area contributed by atoms with Crippen molar-refractivity contribution in [1.82, 2.24) is 10.2 Å². The van der Waals surface area contributed by atoms with Gasteiger partial charge in [0.1, 0.15) is 0 Å². The number of amides is 1. The van der Waals surface area contributed by atoms with Gasteiger partial charge >= 0.3 is 0 Å². The van der Waals surface area contributed by atoms with Gasteiger partial charge in [-0.25, -0.2) is 0 Å². The van der Waals surface area contributed by atoms with Crippen LogP contribution in [0.4, 0.5) is 0 Å². The highest BCUT2D eigenvalue weighted by Crippen LogP contribution is 2.16. The van der Waals surface area contributed by atoms with E-state index < -0.39 is 0 Å². The van der Waals surface area contributed by atoms with Crippen molar-refractivity contribution < 1.29 is 19.0 Å². The molecule has 0 spiro atoms. The molecule has 1 heterocycles. The van der Waals surface area contributed by atoms with Crippen molar-refractivity contribution in [1.29, 1.82) is 0 Å². The second-order valence-electron chi connectivity index (χ2n) is 5.75. The molecule has 6 nitrogen and oxygen atoms in total. The number of nitrogens with one attached hydrogen (secondary N) is 1. The van der Waals surface area contributed by atoms with Gasteiger partial charge in [-0.05, 0) is 25.8 Å². The van der Waals surface area contributed by atoms with Gasteiger partial charge in [-0.15, -0.1) is 0 Å². The summed E-state index contributed by atoms with van der Waals surface area (Å²) in [6.07, 6.45) is 2.72. The number of hydrogen-bond donors (Lipinski definition) is 1. The molecule has 0 aliphatic carbocycles. The third-order valence-corrected chi connectivity index (χ3v) is 3.84. The smallest absolute Gasteiger partial charge is 0.224 e. The highest BCUT2D eigenvalue weighted by atomic mass is 16.5. The SMILES string of the molecule is C.CC.CNCCOCCOCCOCCC(=O)N1CCC(C)CC1. The molecule has 0 bridgehead atoms. The second kappa shape index (κ2) is 19.6. The first kappa shape index (κ1) is 26.5. The van der Waals surface area contributed by atoms with E-state index in [4.69, 9.17) is 14.2 Å². The maximum atomic E-state index is 12.0. The molecule has 1 aliphatic rings. The number of rotatable bonds is 12. The molecule has 0 saturated carbocycles. The summed E-state index contributed by atoms with van der Waals surface area (Å²) in [7, 11) is 1.90. The Kier molecular flexibility index (Phi) is 20.8. The quantitative estimate of drug-likeness (QED) is 0.541. The summed E-state index contributed by atoms with van der Waals surface area (Å²) in [6.45, 7) is 12.3. The van der Waals surface area contributed by atoms with Crippen LogP contribution in [0.15, 0.2) is 0 Å². The molecule has 0 atom stereocenters. The lowest BCUT2D eigenvalue weighted by atomic mass is 9.99. The minimum absolute atomic E-state index is 0. The first-order valence-electron chi connectivity index (χ1n) is 9.39. The fourth-order valence-electron chi connectivity index (χ4n) is 2.29. The zero-order valence-corrected chi connectivity index (χ0v) is 16.1. The van der Waals surface area contributed by atoms with Crippen molar-refractivity contribution in [2.24, 2.45) is 5.92 Å². The van der Waals surface area contributed by atoms with Crippen LogP contribution in [0, 0.1) is 5.92 Å². The molecule has 1 N–H and O–H groups in total. The number of hydrogen-bond acceptors (Lipinski definition) is 5. The molecule has 1 amide bonds. The predicted molar refractivity (Wildman–Crippen MR) is 104 cm³/mol. The average molecular weight is 363 g/mol. The molecule has 1 rings (SSSR count). The summed E-state index contributed by atoms with van der Waals surface area (Å²) >= 11 is 0. The highest BCUT2D eigenvalue weighted by molar-refractivity contribution is 5.76. The van der Waals surface area contributed by atoms with E-state index in [9.17, 15) is 4.79 Å². The van der Waals surface area contributed by atoms with Crippen molar-refractivity contribution in [3.8, 4) is 0 Å². The van der Waals surface area contributed by atoms with E-state index in [1.165, 1.54) is 0 Å². The van der Waals surface area contributed by atoms with Gasteiger partial charge in [-0.1, -0.05) is 28.2 Å². The zero-order valence-electron chi connectivity index (χ0n) is 16.1. The molecule has 0 aromatic heterocycles. The number of carbonyl (C=O) groups excluding carboxylic acids is 1. The Balaban J connectivity index is 0. The Morgan fingerprint density at radius 2 is 1.44 bits per heavy atom. The van der Waals surface area contributed by atoms with Crippen LogP contribution in [-0.4, -0.2) is 77.1 Å². The Morgan fingerprint density at radius 3 is 1.96 bits per heavy atom. The molecule has 1 saturated heterocycles. The number of likely N-dealkylation sites (tertiary alicyclic amines) is 1. The van der Waals surface area contributed by atoms with Crippen LogP contribution in [-0.2, 0) is 19.0 Å². The molecule has 0 aromatic rings. The minimum atomic E-state index is 0. The molecule has 0 radical (unpaired) electrons. The Hall–Kier alpha value is -0.690. The largest absolute Gasteiger partial charge is 0.379 e. The van der Waals surface area contributed by atoms with Crippen LogP contribution in [0.5, 0.6) is 0 Å². The van der Waals surface area contributed by atoms with Crippen LogP contribution >= 0.6 is 0 Å². The molecular formula is C19H42N2O4. The van der Waals surface area contributed by atoms with Crippen molar-refractivity contribution in [3.63, 3.8) is 0 Å². The monoisotopic (exact) mass is 362 g/mol. The number of carbonyl (C=O) groups is 1. The summed E-state index contributed by atoms with van der Waals surface area (Å²) in [6, 6.07) is 0. The summed E-state index contributed by atoms with van der Waals surface area (Å²) < 4.78 is 16.2. The zero-order chi connectivity index (χ0) is 18.0. The lowest BCUT2D eigenvalue weighted by Gasteiger charge is -2.30. The summed E-state index contributed by atoms with van der Waals surface area (Å²) in [5.41, 5.74) is 0. The minimum Gasteiger partial charge on any atom is -0.379 e. The van der Waals surface area contributed by atoms with Crippen LogP contribution in [0.25, 0.3) is 0 Å². The molecule has 1 aliphatic heterocycles. The number of ether oxygens (including phenoxy) is 3. The third-order valence-electron chi connectivity index (χ3n) is 3.84. The summed E-state index contributed by atoms with van der Waals surface area (Å²) in [5.74, 6) is 0.963. The maximum absolute atomic E-state index is 12.0. The van der Waals surface area contributed by atoms with Gasteiger partial charge in [0, 0.05) is 19.6 Å². The molecule has 25 heavy (non-hydrogen) atoms. The van der Waals surface area contributed by atoms with Gasteiger partial charge in [0.05, 0.1) is 46.1 Å². The fourth-order valence-corrected chi connectivity index (χ4v) is 2.29. The standard InChI is InChI=1S/C16H32N2O4.C2H6.CH4/c1-15-3-7-18(8-4-15)16(19)5-9-20-11-13-22-14-12-21-10-6-17-2;1-2;/h15,17H,3-14H2,1-2H3;1-2H3;1H4. The van der Waals surface area contributed by atoms with Gasteiger partial charge in [-0.2, -0.15) is 0 Å². The molecule has 1 fully saturated rings. The summed E-state index contributed by atoms with van der Waals surface area (Å²) in [5, 5.41) is 3.01. The first-order chi connectivity index (χ1) is 11.7. The molecular weight excluding hydrogens is 320 g/mol. The highest BCUT2D eigenvalue weighted by Gasteiger charge is 2.19. The van der Waals surface area contributed by atoms with E-state index in [-0.39, 0.29) is 13.3 Å². The van der Waals surface area contributed by atoms with Crippen LogP contribution in [0.3, 0.4) is 0 Å². The van der Waals surface area contributed by atoms with Crippen LogP contribution in [0.1, 0.15) is 47.5 Å². The number of nitrogens with zero attached hydrogens (tertiary/aromatic N) is 1. The summed E-state index contributed by atoms with van der Waals surface area (Å²) in [4.78, 5) is 13.9. The van der Waals surface area contributed by atoms with E-state index in [2.05, 4.69) is 12.2 Å². The topological polar surface area (TPSA) is 60.0 Å². The third kappa shape index (κ3) is 15.3. The van der Waals surface area contributed by atoms with Crippen LogP contribution in [0.2, 0.25) is 0 Å². The van der Waals surface area contributed by atoms with Crippen molar-refractivity contribution in [3.05, 3.63) is 0 Å². The average Bonchev–Trinajstić information content (AvgIpc) is 2.62. The van der Waals surface area contributed by atoms with Gasteiger partial charge in [-0.3, -0.25) is 4.79 Å². The fraction of sp³-hybridized carbons (Fsp3) is 0.947. The van der Waals surface area contributed by atoms with E-state index in [1.54, 1.807) is 0 Å². The number of likely N-dealkylation sites (N-methyl/N-ethyl adjacent to an activating group) is 1. The molecule has 6 heteroatoms. The van der Waals surface area contributed by atoms with E-state index in [0.717, 1.165) is 38.4 Å². The van der Waals surface area contributed by atoms with Gasteiger partial charge in [0.25, 0.3) is 0 Å². The second-order valence-corrected chi connectivity index (χ2v) is 5.75. The molecule has 0 aromatic carbocycles. The van der Waals surface area contributed by atoms with Crippen LogP contribution < -0.4 is 5.32 Å². The molecule has 0 unspecified atom stereocenters. The first-order valence-corrected chi connectivity index (χ1v) is 9.39. The van der Waals surface area contributed by atoms with Crippen molar-refractivity contribution in [2.75, 3.05) is 66.3 Å². The van der Waals surface area contributed by atoms with Gasteiger partial charge in [0.2, 0.25) is 5.91 Å². The number of piperidine rings is 1. The van der Waals surface area contributed by atoms with E-state index in [0.29, 0.717) is 46.1 Å². The normalized spacial score (nSPS) is 14.5. The van der Waals surface area contributed by atoms with Gasteiger partial charge < -0.3 is 24.4 Å². The lowest BCUT2D eigenvalue weighted by Crippen LogP contribution is -2.38. The van der Waals surface area contributed by atoms with Gasteiger partial charge in [0.15, 0.2) is 0 Å².